The summed E-state index contributed by atoms with van der Waals surface area (Å²) in [5, 5.41) is 4.87. The van der Waals surface area contributed by atoms with Crippen LogP contribution in [0.3, 0.4) is 0 Å². The molecule has 1 amide bonds. The smallest absolute Gasteiger partial charge is 0.267 e. The highest BCUT2D eigenvalue weighted by molar-refractivity contribution is 7.13. The first-order valence-electron chi connectivity index (χ1n) is 9.20. The zero-order valence-electron chi connectivity index (χ0n) is 15.8. The number of amides is 1. The third-order valence-electron chi connectivity index (χ3n) is 4.41. The molecule has 0 spiro atoms. The standard InChI is InChI=1S/C23H19FN2O2S/c1-2-28-19-11-9-18(10-12-19)25-23(27)22-21(26-13-3-4-14-26)20(15-29-22)16-5-7-17(24)8-6-16/h3-15H,2H2,1H3,(H,25,27). The van der Waals surface area contributed by atoms with Crippen molar-refractivity contribution in [3.63, 3.8) is 0 Å². The number of nitrogens with zero attached hydrogens (tertiary/aromatic N) is 1. The number of aromatic nitrogens is 1. The van der Waals surface area contributed by atoms with Gasteiger partial charge in [0.15, 0.2) is 0 Å². The van der Waals surface area contributed by atoms with Crippen LogP contribution in [0.4, 0.5) is 10.1 Å². The Morgan fingerprint density at radius 2 is 1.76 bits per heavy atom. The molecule has 2 aromatic heterocycles. The summed E-state index contributed by atoms with van der Waals surface area (Å²) in [6.07, 6.45) is 3.78. The first kappa shape index (κ1) is 19.0. The predicted molar refractivity (Wildman–Crippen MR) is 115 cm³/mol. The molecular weight excluding hydrogens is 387 g/mol. The predicted octanol–water partition coefficient (Wildman–Crippen LogP) is 6.00. The van der Waals surface area contributed by atoms with Crippen LogP contribution < -0.4 is 10.1 Å². The van der Waals surface area contributed by atoms with E-state index in [9.17, 15) is 9.18 Å². The van der Waals surface area contributed by atoms with E-state index in [2.05, 4.69) is 5.32 Å². The normalized spacial score (nSPS) is 10.7. The van der Waals surface area contributed by atoms with Crippen LogP contribution in [0, 0.1) is 5.82 Å². The van der Waals surface area contributed by atoms with Gasteiger partial charge in [-0.2, -0.15) is 0 Å². The zero-order valence-corrected chi connectivity index (χ0v) is 16.6. The monoisotopic (exact) mass is 406 g/mol. The van der Waals surface area contributed by atoms with Crippen LogP contribution in [0.1, 0.15) is 16.6 Å². The molecule has 2 aromatic carbocycles. The van der Waals surface area contributed by atoms with Gasteiger partial charge in [0.25, 0.3) is 5.91 Å². The van der Waals surface area contributed by atoms with Gasteiger partial charge in [-0.3, -0.25) is 4.79 Å². The van der Waals surface area contributed by atoms with E-state index in [1.54, 1.807) is 12.1 Å². The number of benzene rings is 2. The Morgan fingerprint density at radius 3 is 2.41 bits per heavy atom. The maximum Gasteiger partial charge on any atom is 0.267 e. The summed E-state index contributed by atoms with van der Waals surface area (Å²) in [4.78, 5) is 13.6. The molecule has 6 heteroatoms. The fourth-order valence-corrected chi connectivity index (χ4v) is 4.04. The second-order valence-corrected chi connectivity index (χ2v) is 7.22. The van der Waals surface area contributed by atoms with Gasteiger partial charge in [-0.1, -0.05) is 12.1 Å². The molecule has 0 bridgehead atoms. The molecular formula is C23H19FN2O2S. The molecule has 29 heavy (non-hydrogen) atoms. The molecule has 0 radical (unpaired) electrons. The maximum absolute atomic E-state index is 13.4. The number of carbonyl (C=O) groups is 1. The highest BCUT2D eigenvalue weighted by Gasteiger charge is 2.20. The van der Waals surface area contributed by atoms with E-state index in [1.165, 1.54) is 23.5 Å². The van der Waals surface area contributed by atoms with Crippen LogP contribution in [0.25, 0.3) is 16.8 Å². The van der Waals surface area contributed by atoms with Gasteiger partial charge in [0.2, 0.25) is 0 Å². The topological polar surface area (TPSA) is 43.3 Å². The Balaban J connectivity index is 1.68. The molecule has 0 aliphatic carbocycles. The molecule has 0 aliphatic heterocycles. The van der Waals surface area contributed by atoms with Crippen LogP contribution in [-0.4, -0.2) is 17.1 Å². The van der Waals surface area contributed by atoms with Gasteiger partial charge in [-0.25, -0.2) is 4.39 Å². The molecule has 0 unspecified atom stereocenters. The van der Waals surface area contributed by atoms with E-state index in [0.29, 0.717) is 17.2 Å². The molecule has 4 rings (SSSR count). The number of ether oxygens (including phenoxy) is 1. The minimum Gasteiger partial charge on any atom is -0.494 e. The summed E-state index contributed by atoms with van der Waals surface area (Å²) < 4.78 is 20.7. The van der Waals surface area contributed by atoms with Gasteiger partial charge in [-0.05, 0) is 61.0 Å². The van der Waals surface area contributed by atoms with E-state index in [4.69, 9.17) is 4.74 Å². The van der Waals surface area contributed by atoms with Crippen molar-refractivity contribution >= 4 is 22.9 Å². The van der Waals surface area contributed by atoms with Crippen LogP contribution in [0.5, 0.6) is 5.75 Å². The first-order valence-corrected chi connectivity index (χ1v) is 10.1. The van der Waals surface area contributed by atoms with Crippen molar-refractivity contribution in [2.45, 2.75) is 6.92 Å². The molecule has 1 N–H and O–H groups in total. The summed E-state index contributed by atoms with van der Waals surface area (Å²) >= 11 is 1.36. The molecule has 0 saturated heterocycles. The zero-order chi connectivity index (χ0) is 20.2. The Labute approximate surface area is 172 Å². The number of anilines is 1. The highest BCUT2D eigenvalue weighted by Crippen LogP contribution is 2.35. The average Bonchev–Trinajstić information content (AvgIpc) is 3.40. The second kappa shape index (κ2) is 8.32. The summed E-state index contributed by atoms with van der Waals surface area (Å²) in [7, 11) is 0. The lowest BCUT2D eigenvalue weighted by Gasteiger charge is -2.11. The molecule has 146 valence electrons. The van der Waals surface area contributed by atoms with Crippen molar-refractivity contribution in [2.75, 3.05) is 11.9 Å². The van der Waals surface area contributed by atoms with Crippen molar-refractivity contribution in [1.29, 1.82) is 0 Å². The Kier molecular flexibility index (Phi) is 5.44. The highest BCUT2D eigenvalue weighted by atomic mass is 32.1. The van der Waals surface area contributed by atoms with Crippen LogP contribution in [-0.2, 0) is 0 Å². The molecule has 4 aromatic rings. The molecule has 4 nitrogen and oxygen atoms in total. The van der Waals surface area contributed by atoms with Crippen LogP contribution >= 0.6 is 11.3 Å². The maximum atomic E-state index is 13.4. The Hall–Kier alpha value is -3.38. The summed E-state index contributed by atoms with van der Waals surface area (Å²) in [6.45, 7) is 2.52. The quantitative estimate of drug-likeness (QED) is 0.427. The van der Waals surface area contributed by atoms with Crippen molar-refractivity contribution < 1.29 is 13.9 Å². The number of hydrogen-bond acceptors (Lipinski definition) is 3. The van der Waals surface area contributed by atoms with Crippen molar-refractivity contribution in [3.8, 4) is 22.6 Å². The van der Waals surface area contributed by atoms with E-state index in [-0.39, 0.29) is 11.7 Å². The SMILES string of the molecule is CCOc1ccc(NC(=O)c2scc(-c3ccc(F)cc3)c2-n2cccc2)cc1. The minimum atomic E-state index is -0.292. The average molecular weight is 406 g/mol. The van der Waals surface area contributed by atoms with Gasteiger partial charge in [0.1, 0.15) is 16.4 Å². The van der Waals surface area contributed by atoms with E-state index >= 15 is 0 Å². The second-order valence-electron chi connectivity index (χ2n) is 6.34. The van der Waals surface area contributed by atoms with Gasteiger partial charge in [0, 0.05) is 29.0 Å². The number of nitrogens with one attached hydrogen (secondary N) is 1. The largest absolute Gasteiger partial charge is 0.494 e. The minimum absolute atomic E-state index is 0.198. The summed E-state index contributed by atoms with van der Waals surface area (Å²) in [5.41, 5.74) is 3.19. The molecule has 0 aliphatic rings. The number of thiophene rings is 1. The third-order valence-corrected chi connectivity index (χ3v) is 5.38. The lowest BCUT2D eigenvalue weighted by molar-refractivity contribution is 0.103. The number of hydrogen-bond donors (Lipinski definition) is 1. The first-order chi connectivity index (χ1) is 14.2. The lowest BCUT2D eigenvalue weighted by Crippen LogP contribution is -2.13. The summed E-state index contributed by atoms with van der Waals surface area (Å²) in [5.74, 6) is 0.268. The molecule has 0 atom stereocenters. The van der Waals surface area contributed by atoms with E-state index in [1.807, 2.05) is 65.7 Å². The van der Waals surface area contributed by atoms with Gasteiger partial charge >= 0.3 is 0 Å². The van der Waals surface area contributed by atoms with Gasteiger partial charge in [0.05, 0.1) is 12.3 Å². The molecule has 0 fully saturated rings. The van der Waals surface area contributed by atoms with E-state index < -0.39 is 0 Å². The fraction of sp³-hybridized carbons (Fsp3) is 0.0870. The fourth-order valence-electron chi connectivity index (χ4n) is 3.08. The Morgan fingerprint density at radius 1 is 1.07 bits per heavy atom. The number of carbonyl (C=O) groups excluding carboxylic acids is 1. The van der Waals surface area contributed by atoms with Crippen molar-refractivity contribution in [2.24, 2.45) is 0 Å². The number of rotatable bonds is 6. The van der Waals surface area contributed by atoms with Crippen molar-refractivity contribution in [3.05, 3.63) is 89.1 Å². The number of halogens is 1. The lowest BCUT2D eigenvalue weighted by atomic mass is 10.1. The van der Waals surface area contributed by atoms with E-state index in [0.717, 1.165) is 22.6 Å². The third kappa shape index (κ3) is 4.07. The van der Waals surface area contributed by atoms with Crippen LogP contribution in [0.2, 0.25) is 0 Å². The van der Waals surface area contributed by atoms with Crippen LogP contribution in [0.15, 0.2) is 78.4 Å². The molecule has 2 heterocycles. The van der Waals surface area contributed by atoms with Crippen molar-refractivity contribution in [1.82, 2.24) is 4.57 Å². The Bertz CT molecular complexity index is 1100. The summed E-state index contributed by atoms with van der Waals surface area (Å²) in [6, 6.07) is 17.4. The van der Waals surface area contributed by atoms with Gasteiger partial charge < -0.3 is 14.6 Å². The molecule has 0 saturated carbocycles. The van der Waals surface area contributed by atoms with Gasteiger partial charge in [-0.15, -0.1) is 11.3 Å².